The third-order valence-electron chi connectivity index (χ3n) is 17.5. The van der Waals surface area contributed by atoms with Crippen LogP contribution in [0.4, 0.5) is 0 Å². The number of aliphatic hydroxyl groups is 1. The number of hydrogen-bond donors (Lipinski definition) is 3. The van der Waals surface area contributed by atoms with Gasteiger partial charge in [-0.15, -0.1) is 0 Å². The summed E-state index contributed by atoms with van der Waals surface area (Å²) in [5.74, 6) is -2.29. The molecule has 5 atom stereocenters. The third kappa shape index (κ3) is 80.7. The van der Waals surface area contributed by atoms with Gasteiger partial charge in [0.15, 0.2) is 12.2 Å². The minimum Gasteiger partial charge on any atom is -0.462 e. The number of unbranched alkanes of at least 4 members (excludes halogenated alkanes) is 27. The van der Waals surface area contributed by atoms with Crippen LogP contribution in [0, 0.1) is 0 Å². The number of ether oxygens (including phenoxy) is 4. The van der Waals surface area contributed by atoms with E-state index in [2.05, 4.69) is 174 Å². The molecule has 19 heteroatoms. The molecule has 0 amide bonds. The van der Waals surface area contributed by atoms with Gasteiger partial charge in [0.05, 0.1) is 26.4 Å². The van der Waals surface area contributed by atoms with E-state index >= 15 is 0 Å². The van der Waals surface area contributed by atoms with Crippen LogP contribution in [0.5, 0.6) is 0 Å². The van der Waals surface area contributed by atoms with Gasteiger partial charge >= 0.3 is 39.5 Å². The molecule has 0 bridgehead atoms. The fourth-order valence-corrected chi connectivity index (χ4v) is 12.6. The summed E-state index contributed by atoms with van der Waals surface area (Å²) < 4.78 is 68.7. The van der Waals surface area contributed by atoms with Crippen molar-refractivity contribution in [3.8, 4) is 0 Å². The van der Waals surface area contributed by atoms with Crippen LogP contribution in [0.25, 0.3) is 0 Å². The van der Waals surface area contributed by atoms with Crippen molar-refractivity contribution in [2.75, 3.05) is 39.6 Å². The maximum atomic E-state index is 13.1. The van der Waals surface area contributed by atoms with Crippen LogP contribution in [0.1, 0.15) is 336 Å². The summed E-state index contributed by atoms with van der Waals surface area (Å²) in [6, 6.07) is 0. The summed E-state index contributed by atoms with van der Waals surface area (Å²) in [5.41, 5.74) is 0. The van der Waals surface area contributed by atoms with E-state index in [4.69, 9.17) is 37.0 Å². The molecule has 0 saturated carbocycles. The van der Waals surface area contributed by atoms with E-state index in [0.717, 1.165) is 167 Å². The second kappa shape index (κ2) is 81.7. The average molecular weight is 1580 g/mol. The van der Waals surface area contributed by atoms with Gasteiger partial charge in [-0.25, -0.2) is 9.13 Å². The van der Waals surface area contributed by atoms with E-state index in [1.807, 2.05) is 12.2 Å². The van der Waals surface area contributed by atoms with Gasteiger partial charge in [0.2, 0.25) is 0 Å². The molecule has 0 aliphatic rings. The molecule has 0 heterocycles. The molecule has 0 radical (unpaired) electrons. The smallest absolute Gasteiger partial charge is 0.462 e. The number of esters is 4. The lowest BCUT2D eigenvalue weighted by Gasteiger charge is -2.21. The zero-order chi connectivity index (χ0) is 80.3. The molecule has 0 aromatic heterocycles. The number of aliphatic hydroxyl groups excluding tert-OH is 1. The minimum absolute atomic E-state index is 0.0669. The summed E-state index contributed by atoms with van der Waals surface area (Å²) in [4.78, 5) is 73.2. The number of phosphoric acid groups is 2. The molecule has 5 unspecified atom stereocenters. The normalized spacial score (nSPS) is 14.6. The maximum absolute atomic E-state index is 13.1. The van der Waals surface area contributed by atoms with Gasteiger partial charge in [-0.3, -0.25) is 37.3 Å². The fourth-order valence-electron chi connectivity index (χ4n) is 11.1. The molecule has 17 nitrogen and oxygen atoms in total. The summed E-state index contributed by atoms with van der Waals surface area (Å²) in [6.45, 7) is 4.54. The Morgan fingerprint density at radius 3 is 0.791 bits per heavy atom. The molecule has 0 saturated heterocycles. The van der Waals surface area contributed by atoms with Crippen molar-refractivity contribution in [3.63, 3.8) is 0 Å². The number of phosphoric ester groups is 2. The van der Waals surface area contributed by atoms with Crippen LogP contribution in [-0.2, 0) is 65.4 Å². The van der Waals surface area contributed by atoms with Crippen molar-refractivity contribution in [1.29, 1.82) is 0 Å². The summed E-state index contributed by atoms with van der Waals surface area (Å²) >= 11 is 0. The van der Waals surface area contributed by atoms with Gasteiger partial charge < -0.3 is 33.8 Å². The standard InChI is InChI=1S/C91H152O17P2/c1-5-9-13-17-21-25-29-33-37-40-42-45-49-52-56-60-64-68-72-76-89(94)102-82-87(108-91(96)78-74-70-66-62-58-54-50-46-43-41-38-34-30-26-22-18-14-10-6-2)84-106-110(99,100)104-80-85(92)79-103-109(97,98)105-83-86(107-90(95)77-73-69-65-61-57-53-47-36-32-28-24-20-16-12-8-4)81-101-88(93)75-71-67-63-59-55-51-48-44-39-35-31-27-23-19-15-11-7-3/h9,11,13,15,21-23,25-27,33-35,37-39,42-43,45-46,48,51-52,56,59,63,85-87,92H,5-8,10,12,14,16-20,24,28-32,36,40-41,44,47,49-50,53-55,57-58,60-62,64-84H2,1-4H3,(H,97,98)(H,99,100)/b13-9-,15-11-,25-21-,26-22-,27-23-,37-33-,38-34-,39-35-,45-42-,46-43-,51-48-,56-52-,63-59-. The fraction of sp³-hybridized carbons (Fsp3) is 0.670. The topological polar surface area (TPSA) is 237 Å². The highest BCUT2D eigenvalue weighted by Gasteiger charge is 2.30. The van der Waals surface area contributed by atoms with Crippen molar-refractivity contribution in [2.45, 2.75) is 354 Å². The van der Waals surface area contributed by atoms with Crippen molar-refractivity contribution in [3.05, 3.63) is 158 Å². The second-order valence-corrected chi connectivity index (χ2v) is 30.9. The number of allylic oxidation sites excluding steroid dienone is 26. The number of carbonyl (C=O) groups excluding carboxylic acids is 4. The van der Waals surface area contributed by atoms with Crippen molar-refractivity contribution in [1.82, 2.24) is 0 Å². The zero-order valence-corrected chi connectivity index (χ0v) is 70.7. The number of rotatable bonds is 79. The molecule has 3 N–H and O–H groups in total. The first-order chi connectivity index (χ1) is 53.7. The van der Waals surface area contributed by atoms with Crippen LogP contribution < -0.4 is 0 Å². The predicted octanol–water partition coefficient (Wildman–Crippen LogP) is 25.6. The van der Waals surface area contributed by atoms with E-state index in [-0.39, 0.29) is 25.7 Å². The van der Waals surface area contributed by atoms with E-state index in [1.165, 1.54) is 83.5 Å². The quantitative estimate of drug-likeness (QED) is 0.0169. The second-order valence-electron chi connectivity index (χ2n) is 28.0. The van der Waals surface area contributed by atoms with Crippen LogP contribution >= 0.6 is 15.6 Å². The Morgan fingerprint density at radius 1 is 0.264 bits per heavy atom. The molecule has 628 valence electrons. The highest BCUT2D eigenvalue weighted by Crippen LogP contribution is 2.45. The molecule has 0 fully saturated rings. The Bertz CT molecular complexity index is 2700. The monoisotopic (exact) mass is 1580 g/mol. The van der Waals surface area contributed by atoms with Gasteiger partial charge in [-0.1, -0.05) is 321 Å². The molecule has 0 aromatic rings. The summed E-state index contributed by atoms with van der Waals surface area (Å²) in [5, 5.41) is 10.7. The van der Waals surface area contributed by atoms with Crippen LogP contribution in [0.15, 0.2) is 158 Å². The van der Waals surface area contributed by atoms with E-state index in [0.29, 0.717) is 32.1 Å². The van der Waals surface area contributed by atoms with Gasteiger partial charge in [0.25, 0.3) is 0 Å². The van der Waals surface area contributed by atoms with E-state index in [1.54, 1.807) is 0 Å². The highest BCUT2D eigenvalue weighted by molar-refractivity contribution is 7.47. The minimum atomic E-state index is -5.00. The van der Waals surface area contributed by atoms with Gasteiger partial charge in [0, 0.05) is 25.7 Å². The molecule has 0 aromatic carbocycles. The number of hydrogen-bond acceptors (Lipinski definition) is 15. The summed E-state index contributed by atoms with van der Waals surface area (Å²) in [6.07, 6.45) is 96.4. The van der Waals surface area contributed by atoms with Gasteiger partial charge in [-0.05, 0) is 148 Å². The van der Waals surface area contributed by atoms with Crippen molar-refractivity contribution in [2.24, 2.45) is 0 Å². The molecular weight excluding hydrogens is 1430 g/mol. The Balaban J connectivity index is 5.47. The first-order valence-corrected chi connectivity index (χ1v) is 45.7. The summed E-state index contributed by atoms with van der Waals surface area (Å²) in [7, 11) is -10.0. The van der Waals surface area contributed by atoms with Crippen LogP contribution in [0.2, 0.25) is 0 Å². The molecule has 0 spiro atoms. The van der Waals surface area contributed by atoms with Crippen LogP contribution in [0.3, 0.4) is 0 Å². The average Bonchev–Trinajstić information content (AvgIpc) is 0.900. The zero-order valence-electron chi connectivity index (χ0n) is 68.9. The lowest BCUT2D eigenvalue weighted by atomic mass is 10.0. The SMILES string of the molecule is CC/C=C\C/C=C\C/C=C\C/C=C\C/C=C\CCCCCC(=O)OCC(COP(=O)(O)OCC(O)COP(=O)(O)OCC(COC(=O)CCC/C=C\C/C=C\C/C=C\C/C=C\C/C=C\CC)OC(=O)CCCCCCCCCCCCCCCCC)OC(=O)CCCCCCCC/C=C\C/C=C\C/C=C\CCCCC. The third-order valence-corrected chi connectivity index (χ3v) is 19.4. The molecular formula is C91H152O17P2. The van der Waals surface area contributed by atoms with Crippen molar-refractivity contribution < 1.29 is 80.2 Å². The Hall–Kier alpha value is -5.32. The Labute approximate surface area is 668 Å². The Morgan fingerprint density at radius 2 is 0.482 bits per heavy atom. The lowest BCUT2D eigenvalue weighted by molar-refractivity contribution is -0.161. The highest BCUT2D eigenvalue weighted by atomic mass is 31.2. The van der Waals surface area contributed by atoms with E-state index < -0.39 is 97.5 Å². The van der Waals surface area contributed by atoms with Crippen molar-refractivity contribution >= 4 is 39.5 Å². The molecule has 0 aliphatic heterocycles. The molecule has 0 aliphatic carbocycles. The first-order valence-electron chi connectivity index (χ1n) is 42.7. The van der Waals surface area contributed by atoms with E-state index in [9.17, 15) is 43.2 Å². The Kier molecular flexibility index (Phi) is 77.7. The van der Waals surface area contributed by atoms with Gasteiger partial charge in [0.1, 0.15) is 19.3 Å². The maximum Gasteiger partial charge on any atom is 0.472 e. The first kappa shape index (κ1) is 105. The predicted molar refractivity (Wildman–Crippen MR) is 454 cm³/mol. The largest absolute Gasteiger partial charge is 0.472 e. The van der Waals surface area contributed by atoms with Gasteiger partial charge in [-0.2, -0.15) is 0 Å². The number of carbonyl (C=O) groups is 4. The molecule has 0 rings (SSSR count). The lowest BCUT2D eigenvalue weighted by Crippen LogP contribution is -2.30. The molecule has 110 heavy (non-hydrogen) atoms. The van der Waals surface area contributed by atoms with Crippen LogP contribution in [-0.4, -0.2) is 96.7 Å².